The second kappa shape index (κ2) is 5.75. The Morgan fingerprint density at radius 2 is 1.81 bits per heavy atom. The standard InChI is InChI=1S/C16H14FNO3/c1-9-3-6-14(12(7-9)16(20)21)18-15(19)11-5-4-10(2)13(17)8-11/h3-8H,1-2H3,(H,18,19)(H,20,21). The molecule has 0 aliphatic carbocycles. The van der Waals surface area contributed by atoms with Crippen LogP contribution in [0.2, 0.25) is 0 Å². The van der Waals surface area contributed by atoms with E-state index in [4.69, 9.17) is 5.11 Å². The van der Waals surface area contributed by atoms with Gasteiger partial charge in [-0.05, 0) is 43.7 Å². The molecule has 4 nitrogen and oxygen atoms in total. The van der Waals surface area contributed by atoms with Crippen LogP contribution in [0, 0.1) is 19.7 Å². The van der Waals surface area contributed by atoms with Crippen molar-refractivity contribution < 1.29 is 19.1 Å². The van der Waals surface area contributed by atoms with Crippen LogP contribution in [0.3, 0.4) is 0 Å². The van der Waals surface area contributed by atoms with Gasteiger partial charge in [0.05, 0.1) is 11.3 Å². The Morgan fingerprint density at radius 1 is 1.10 bits per heavy atom. The molecule has 0 heterocycles. The highest BCUT2D eigenvalue weighted by molar-refractivity contribution is 6.07. The third-order valence-electron chi connectivity index (χ3n) is 3.09. The summed E-state index contributed by atoms with van der Waals surface area (Å²) in [6, 6.07) is 8.78. The molecule has 0 fully saturated rings. The minimum atomic E-state index is -1.14. The number of carbonyl (C=O) groups is 2. The summed E-state index contributed by atoms with van der Waals surface area (Å²) < 4.78 is 13.5. The van der Waals surface area contributed by atoms with Crippen LogP contribution in [-0.4, -0.2) is 17.0 Å². The van der Waals surface area contributed by atoms with Crippen LogP contribution in [0.25, 0.3) is 0 Å². The number of hydrogen-bond donors (Lipinski definition) is 2. The first-order valence-electron chi connectivity index (χ1n) is 6.30. The van der Waals surface area contributed by atoms with E-state index in [0.29, 0.717) is 5.56 Å². The number of aromatic carboxylic acids is 1. The molecule has 21 heavy (non-hydrogen) atoms. The molecule has 0 unspecified atom stereocenters. The fraction of sp³-hybridized carbons (Fsp3) is 0.125. The molecule has 0 spiro atoms. The van der Waals surface area contributed by atoms with Gasteiger partial charge in [-0.15, -0.1) is 0 Å². The van der Waals surface area contributed by atoms with Gasteiger partial charge in [-0.1, -0.05) is 17.7 Å². The number of carboxylic acids is 1. The first-order valence-corrected chi connectivity index (χ1v) is 6.30. The van der Waals surface area contributed by atoms with Crippen LogP contribution >= 0.6 is 0 Å². The first kappa shape index (κ1) is 14.7. The Bertz CT molecular complexity index is 725. The lowest BCUT2D eigenvalue weighted by Gasteiger charge is -2.10. The molecule has 1 amide bonds. The third-order valence-corrected chi connectivity index (χ3v) is 3.09. The molecule has 2 rings (SSSR count). The maximum atomic E-state index is 13.5. The number of aryl methyl sites for hydroxylation is 2. The average molecular weight is 287 g/mol. The number of carboxylic acid groups (broad SMARTS) is 1. The van der Waals surface area contributed by atoms with E-state index in [1.807, 2.05) is 0 Å². The number of benzene rings is 2. The molecule has 0 aliphatic rings. The summed E-state index contributed by atoms with van der Waals surface area (Å²) in [7, 11) is 0. The third kappa shape index (κ3) is 3.25. The Hall–Kier alpha value is -2.69. The summed E-state index contributed by atoms with van der Waals surface area (Å²) in [6.45, 7) is 3.35. The van der Waals surface area contributed by atoms with Crippen molar-refractivity contribution in [3.63, 3.8) is 0 Å². The maximum Gasteiger partial charge on any atom is 0.337 e. The predicted molar refractivity (Wildman–Crippen MR) is 77.2 cm³/mol. The Balaban J connectivity index is 2.31. The number of rotatable bonds is 3. The van der Waals surface area contributed by atoms with E-state index in [1.165, 1.54) is 24.3 Å². The van der Waals surface area contributed by atoms with E-state index in [9.17, 15) is 14.0 Å². The molecule has 0 atom stereocenters. The van der Waals surface area contributed by atoms with E-state index in [0.717, 1.165) is 11.6 Å². The lowest BCUT2D eigenvalue weighted by molar-refractivity contribution is 0.0698. The monoisotopic (exact) mass is 287 g/mol. The minimum absolute atomic E-state index is 0.00377. The van der Waals surface area contributed by atoms with Crippen LogP contribution in [0.15, 0.2) is 36.4 Å². The summed E-state index contributed by atoms with van der Waals surface area (Å²) in [6.07, 6.45) is 0. The summed E-state index contributed by atoms with van der Waals surface area (Å²) in [5, 5.41) is 11.6. The molecule has 2 aromatic rings. The fourth-order valence-corrected chi connectivity index (χ4v) is 1.87. The molecule has 108 valence electrons. The molecular weight excluding hydrogens is 273 g/mol. The molecule has 0 aromatic heterocycles. The highest BCUT2D eigenvalue weighted by Gasteiger charge is 2.14. The van der Waals surface area contributed by atoms with Crippen LogP contribution in [-0.2, 0) is 0 Å². The summed E-state index contributed by atoms with van der Waals surface area (Å²) in [5.74, 6) is -2.17. The van der Waals surface area contributed by atoms with Crippen molar-refractivity contribution in [2.75, 3.05) is 5.32 Å². The van der Waals surface area contributed by atoms with Crippen molar-refractivity contribution in [1.29, 1.82) is 0 Å². The van der Waals surface area contributed by atoms with Gasteiger partial charge in [0.25, 0.3) is 5.91 Å². The van der Waals surface area contributed by atoms with E-state index in [-0.39, 0.29) is 16.8 Å². The number of carbonyl (C=O) groups excluding carboxylic acids is 1. The number of halogens is 1. The lowest BCUT2D eigenvalue weighted by Crippen LogP contribution is -2.15. The molecule has 0 bridgehead atoms. The lowest BCUT2D eigenvalue weighted by atomic mass is 10.1. The summed E-state index contributed by atoms with van der Waals surface area (Å²) in [5.41, 5.74) is 1.52. The number of amides is 1. The van der Waals surface area contributed by atoms with Crippen molar-refractivity contribution in [3.8, 4) is 0 Å². The van der Waals surface area contributed by atoms with Crippen molar-refractivity contribution in [1.82, 2.24) is 0 Å². The predicted octanol–water partition coefficient (Wildman–Crippen LogP) is 3.39. The molecule has 0 aliphatic heterocycles. The Morgan fingerprint density at radius 3 is 2.43 bits per heavy atom. The maximum absolute atomic E-state index is 13.5. The molecular formula is C16H14FNO3. The van der Waals surface area contributed by atoms with Crippen LogP contribution in [0.1, 0.15) is 31.8 Å². The van der Waals surface area contributed by atoms with Gasteiger partial charge in [-0.3, -0.25) is 4.79 Å². The number of nitrogens with one attached hydrogen (secondary N) is 1. The van der Waals surface area contributed by atoms with Crippen molar-refractivity contribution in [3.05, 3.63) is 64.5 Å². The average Bonchev–Trinajstić information content (AvgIpc) is 2.43. The van der Waals surface area contributed by atoms with E-state index >= 15 is 0 Å². The second-order valence-electron chi connectivity index (χ2n) is 4.77. The van der Waals surface area contributed by atoms with Crippen molar-refractivity contribution >= 4 is 17.6 Å². The number of anilines is 1. The molecule has 2 aromatic carbocycles. The van der Waals surface area contributed by atoms with Gasteiger partial charge in [0.15, 0.2) is 0 Å². The van der Waals surface area contributed by atoms with Gasteiger partial charge in [-0.25, -0.2) is 9.18 Å². The van der Waals surface area contributed by atoms with Gasteiger partial charge < -0.3 is 10.4 Å². The minimum Gasteiger partial charge on any atom is -0.478 e. The normalized spacial score (nSPS) is 10.2. The smallest absolute Gasteiger partial charge is 0.337 e. The fourth-order valence-electron chi connectivity index (χ4n) is 1.87. The number of hydrogen-bond acceptors (Lipinski definition) is 2. The zero-order valence-corrected chi connectivity index (χ0v) is 11.6. The topological polar surface area (TPSA) is 66.4 Å². The molecule has 2 N–H and O–H groups in total. The zero-order valence-electron chi connectivity index (χ0n) is 11.6. The SMILES string of the molecule is Cc1ccc(NC(=O)c2ccc(C)c(F)c2)c(C(=O)O)c1. The Kier molecular flexibility index (Phi) is 4.03. The van der Waals surface area contributed by atoms with Gasteiger partial charge in [0.2, 0.25) is 0 Å². The molecule has 0 saturated carbocycles. The molecule has 0 radical (unpaired) electrons. The zero-order chi connectivity index (χ0) is 15.6. The van der Waals surface area contributed by atoms with E-state index < -0.39 is 17.7 Å². The molecule has 0 saturated heterocycles. The second-order valence-corrected chi connectivity index (χ2v) is 4.77. The first-order chi connectivity index (χ1) is 9.88. The highest BCUT2D eigenvalue weighted by atomic mass is 19.1. The van der Waals surface area contributed by atoms with Crippen LogP contribution in [0.5, 0.6) is 0 Å². The quantitative estimate of drug-likeness (QED) is 0.909. The van der Waals surface area contributed by atoms with E-state index in [2.05, 4.69) is 5.32 Å². The summed E-state index contributed by atoms with van der Waals surface area (Å²) >= 11 is 0. The van der Waals surface area contributed by atoms with Crippen molar-refractivity contribution in [2.24, 2.45) is 0 Å². The largest absolute Gasteiger partial charge is 0.478 e. The summed E-state index contributed by atoms with van der Waals surface area (Å²) in [4.78, 5) is 23.2. The Labute approximate surface area is 121 Å². The van der Waals surface area contributed by atoms with E-state index in [1.54, 1.807) is 19.9 Å². The van der Waals surface area contributed by atoms with Crippen LogP contribution < -0.4 is 5.32 Å². The van der Waals surface area contributed by atoms with Gasteiger partial charge >= 0.3 is 5.97 Å². The van der Waals surface area contributed by atoms with Gasteiger partial charge in [0, 0.05) is 5.56 Å². The highest BCUT2D eigenvalue weighted by Crippen LogP contribution is 2.19. The molecule has 5 heteroatoms. The van der Waals surface area contributed by atoms with Crippen LogP contribution in [0.4, 0.5) is 10.1 Å². The van der Waals surface area contributed by atoms with Gasteiger partial charge in [-0.2, -0.15) is 0 Å². The van der Waals surface area contributed by atoms with Gasteiger partial charge in [0.1, 0.15) is 5.82 Å². The van der Waals surface area contributed by atoms with Crippen molar-refractivity contribution in [2.45, 2.75) is 13.8 Å².